The predicted octanol–water partition coefficient (Wildman–Crippen LogP) is 2.86. The first-order valence-electron chi connectivity index (χ1n) is 9.49. The molecular weight excluding hydrogens is 372 g/mol. The van der Waals surface area contributed by atoms with Crippen molar-refractivity contribution in [2.45, 2.75) is 32.9 Å². The van der Waals surface area contributed by atoms with Crippen LogP contribution >= 0.6 is 11.3 Å². The maximum absolute atomic E-state index is 13.0. The summed E-state index contributed by atoms with van der Waals surface area (Å²) in [4.78, 5) is 28.8. The van der Waals surface area contributed by atoms with Crippen molar-refractivity contribution in [1.29, 1.82) is 0 Å². The van der Waals surface area contributed by atoms with E-state index in [4.69, 9.17) is 0 Å². The maximum atomic E-state index is 13.0. The summed E-state index contributed by atoms with van der Waals surface area (Å²) in [5, 5.41) is 7.58. The number of hydrogen-bond acceptors (Lipinski definition) is 4. The fraction of sp³-hybridized carbons (Fsp3) is 0.286. The molecule has 1 aliphatic rings. The molecule has 1 aromatic carbocycles. The highest BCUT2D eigenvalue weighted by Gasteiger charge is 2.22. The fourth-order valence-corrected chi connectivity index (χ4v) is 4.89. The highest BCUT2D eigenvalue weighted by molar-refractivity contribution is 7.16. The summed E-state index contributed by atoms with van der Waals surface area (Å²) in [6, 6.07) is 12.1. The van der Waals surface area contributed by atoms with Gasteiger partial charge in [0.05, 0.1) is 0 Å². The van der Waals surface area contributed by atoms with Crippen LogP contribution in [0.25, 0.3) is 15.7 Å². The molecule has 0 saturated carbocycles. The first-order chi connectivity index (χ1) is 13.7. The Hall–Kier alpha value is -2.93. The highest BCUT2D eigenvalue weighted by atomic mass is 32.1. The summed E-state index contributed by atoms with van der Waals surface area (Å²) in [7, 11) is 0. The molecule has 3 aromatic heterocycles. The van der Waals surface area contributed by atoms with Gasteiger partial charge in [0.2, 0.25) is 5.91 Å². The van der Waals surface area contributed by atoms with E-state index >= 15 is 0 Å². The molecule has 142 valence electrons. The molecule has 0 spiro atoms. The van der Waals surface area contributed by atoms with Gasteiger partial charge in [-0.3, -0.25) is 14.0 Å². The lowest BCUT2D eigenvalue weighted by atomic mass is 10.00. The van der Waals surface area contributed by atoms with Gasteiger partial charge in [-0.25, -0.2) is 4.68 Å². The van der Waals surface area contributed by atoms with Crippen LogP contribution in [0.4, 0.5) is 0 Å². The number of rotatable bonds is 3. The number of aromatic nitrogens is 3. The van der Waals surface area contributed by atoms with Crippen molar-refractivity contribution in [2.24, 2.45) is 0 Å². The minimum Gasteiger partial charge on any atom is -0.336 e. The van der Waals surface area contributed by atoms with E-state index in [2.05, 4.69) is 17.2 Å². The van der Waals surface area contributed by atoms with Gasteiger partial charge in [-0.2, -0.15) is 5.10 Å². The van der Waals surface area contributed by atoms with E-state index in [1.54, 1.807) is 11.3 Å². The van der Waals surface area contributed by atoms with Crippen LogP contribution in [0.2, 0.25) is 0 Å². The third-order valence-corrected chi connectivity index (χ3v) is 6.36. The van der Waals surface area contributed by atoms with Gasteiger partial charge in [0.15, 0.2) is 0 Å². The van der Waals surface area contributed by atoms with Crippen molar-refractivity contribution in [3.8, 4) is 0 Å². The highest BCUT2D eigenvalue weighted by Crippen LogP contribution is 2.25. The molecule has 4 heterocycles. The first kappa shape index (κ1) is 17.2. The van der Waals surface area contributed by atoms with E-state index < -0.39 is 0 Å². The summed E-state index contributed by atoms with van der Waals surface area (Å²) >= 11 is 1.60. The van der Waals surface area contributed by atoms with Crippen molar-refractivity contribution in [2.75, 3.05) is 6.54 Å². The SMILES string of the molecule is CCc1nn(CC(=O)N2CCc3ccccc3C2)c(=O)c2cc3ccsc3n12. The van der Waals surface area contributed by atoms with Crippen LogP contribution in [-0.2, 0) is 30.7 Å². The second-order valence-electron chi connectivity index (χ2n) is 7.11. The summed E-state index contributed by atoms with van der Waals surface area (Å²) in [5.74, 6) is 0.729. The number of amides is 1. The smallest absolute Gasteiger partial charge is 0.291 e. The zero-order chi connectivity index (χ0) is 19.3. The molecule has 0 saturated heterocycles. The summed E-state index contributed by atoms with van der Waals surface area (Å²) < 4.78 is 3.26. The molecule has 0 unspecified atom stereocenters. The maximum Gasteiger partial charge on any atom is 0.291 e. The molecule has 6 nitrogen and oxygen atoms in total. The van der Waals surface area contributed by atoms with Gasteiger partial charge in [-0.1, -0.05) is 31.2 Å². The molecule has 0 bridgehead atoms. The van der Waals surface area contributed by atoms with Crippen LogP contribution in [0.1, 0.15) is 23.9 Å². The van der Waals surface area contributed by atoms with Gasteiger partial charge in [0.25, 0.3) is 5.56 Å². The Labute approximate surface area is 165 Å². The summed E-state index contributed by atoms with van der Waals surface area (Å²) in [6.45, 7) is 3.25. The number of aryl methyl sites for hydroxylation is 1. The lowest BCUT2D eigenvalue weighted by molar-refractivity contribution is -0.133. The number of benzene rings is 1. The Morgan fingerprint density at radius 3 is 2.86 bits per heavy atom. The number of fused-ring (bicyclic) bond motifs is 4. The van der Waals surface area contributed by atoms with Gasteiger partial charge in [0.1, 0.15) is 22.7 Å². The fourth-order valence-electron chi connectivity index (χ4n) is 3.97. The third kappa shape index (κ3) is 2.65. The molecule has 5 rings (SSSR count). The van der Waals surface area contributed by atoms with Crippen molar-refractivity contribution in [1.82, 2.24) is 19.1 Å². The Kier molecular flexibility index (Phi) is 4.05. The van der Waals surface area contributed by atoms with E-state index in [-0.39, 0.29) is 18.0 Å². The lowest BCUT2D eigenvalue weighted by Crippen LogP contribution is -2.40. The minimum atomic E-state index is -0.216. The molecule has 0 fully saturated rings. The first-order valence-corrected chi connectivity index (χ1v) is 10.4. The van der Waals surface area contributed by atoms with E-state index in [9.17, 15) is 9.59 Å². The van der Waals surface area contributed by atoms with Crippen molar-refractivity contribution < 1.29 is 4.79 Å². The van der Waals surface area contributed by atoms with Crippen LogP contribution in [-0.4, -0.2) is 31.5 Å². The predicted molar refractivity (Wildman–Crippen MR) is 110 cm³/mol. The topological polar surface area (TPSA) is 59.6 Å². The second-order valence-corrected chi connectivity index (χ2v) is 8.01. The Morgan fingerprint density at radius 1 is 1.21 bits per heavy atom. The van der Waals surface area contributed by atoms with Crippen molar-refractivity contribution >= 4 is 33.0 Å². The van der Waals surface area contributed by atoms with Gasteiger partial charge < -0.3 is 4.90 Å². The number of thiophene rings is 1. The van der Waals surface area contributed by atoms with Crippen LogP contribution < -0.4 is 5.56 Å². The molecule has 0 atom stereocenters. The molecule has 1 amide bonds. The van der Waals surface area contributed by atoms with Crippen LogP contribution in [0.3, 0.4) is 0 Å². The zero-order valence-electron chi connectivity index (χ0n) is 15.6. The molecule has 0 N–H and O–H groups in total. The largest absolute Gasteiger partial charge is 0.336 e. The number of hydrogen-bond donors (Lipinski definition) is 0. The molecule has 0 radical (unpaired) electrons. The quantitative estimate of drug-likeness (QED) is 0.539. The molecule has 0 aliphatic carbocycles. The van der Waals surface area contributed by atoms with Gasteiger partial charge >= 0.3 is 0 Å². The van der Waals surface area contributed by atoms with Crippen LogP contribution in [0, 0.1) is 0 Å². The second kappa shape index (κ2) is 6.60. The lowest BCUT2D eigenvalue weighted by Gasteiger charge is -2.29. The number of carbonyl (C=O) groups is 1. The normalized spacial score (nSPS) is 14.0. The van der Waals surface area contributed by atoms with Crippen LogP contribution in [0.5, 0.6) is 0 Å². The monoisotopic (exact) mass is 392 g/mol. The van der Waals surface area contributed by atoms with Crippen LogP contribution in [0.15, 0.2) is 46.6 Å². The standard InChI is InChI=1S/C21H20N4O2S/c1-2-18-22-24(20(27)17-11-15-8-10-28-21(15)25(17)18)13-19(26)23-9-7-14-5-3-4-6-16(14)12-23/h3-6,8,10-11H,2,7,9,12-13H2,1H3. The molecule has 28 heavy (non-hydrogen) atoms. The zero-order valence-corrected chi connectivity index (χ0v) is 16.4. The summed E-state index contributed by atoms with van der Waals surface area (Å²) in [5.41, 5.74) is 2.85. The average molecular weight is 392 g/mol. The Morgan fingerprint density at radius 2 is 2.04 bits per heavy atom. The van der Waals surface area contributed by atoms with Gasteiger partial charge in [0, 0.05) is 24.9 Å². The van der Waals surface area contributed by atoms with E-state index in [0.29, 0.717) is 25.0 Å². The molecular formula is C21H20N4O2S. The number of carbonyl (C=O) groups excluding carboxylic acids is 1. The molecule has 4 aromatic rings. The number of nitrogens with zero attached hydrogens (tertiary/aromatic N) is 4. The van der Waals surface area contributed by atoms with Gasteiger partial charge in [-0.05, 0) is 35.1 Å². The Bertz CT molecular complexity index is 1270. The molecule has 7 heteroatoms. The Balaban J connectivity index is 1.49. The summed E-state index contributed by atoms with van der Waals surface area (Å²) in [6.07, 6.45) is 1.53. The van der Waals surface area contributed by atoms with E-state index in [1.807, 2.05) is 45.9 Å². The average Bonchev–Trinajstić information content (AvgIpc) is 3.31. The minimum absolute atomic E-state index is 0.0245. The van der Waals surface area contributed by atoms with Crippen molar-refractivity contribution in [3.63, 3.8) is 0 Å². The molecule has 1 aliphatic heterocycles. The van der Waals surface area contributed by atoms with E-state index in [0.717, 1.165) is 22.5 Å². The third-order valence-electron chi connectivity index (χ3n) is 5.44. The van der Waals surface area contributed by atoms with E-state index in [1.165, 1.54) is 15.8 Å². The van der Waals surface area contributed by atoms with Gasteiger partial charge in [-0.15, -0.1) is 11.3 Å². The van der Waals surface area contributed by atoms with Crippen molar-refractivity contribution in [3.05, 3.63) is 69.1 Å².